The largest absolute Gasteiger partial charge is 0.494 e. The molecular weight excluding hydrogens is 455 g/mol. The number of carbonyl (C=O) groups is 1. The molecule has 0 spiro atoms. The van der Waals surface area contributed by atoms with Crippen molar-refractivity contribution in [1.82, 2.24) is 5.43 Å². The number of halogens is 1. The molecule has 1 heterocycles. The fraction of sp³-hybridized carbons (Fsp3) is 0.233. The number of hydrogen-bond acceptors (Lipinski definition) is 4. The van der Waals surface area contributed by atoms with E-state index in [-0.39, 0.29) is 0 Å². The lowest BCUT2D eigenvalue weighted by molar-refractivity contribution is -0.131. The van der Waals surface area contributed by atoms with E-state index in [9.17, 15) is 9.18 Å². The van der Waals surface area contributed by atoms with Gasteiger partial charge in [0.05, 0.1) is 12.3 Å². The Labute approximate surface area is 210 Å². The highest BCUT2D eigenvalue weighted by Gasteiger charge is 2.29. The maximum absolute atomic E-state index is 14.6. The second-order valence-corrected chi connectivity index (χ2v) is 9.10. The van der Waals surface area contributed by atoms with Gasteiger partial charge >= 0.3 is 5.97 Å². The molecule has 0 aromatic heterocycles. The third-order valence-electron chi connectivity index (χ3n) is 6.82. The van der Waals surface area contributed by atoms with E-state index < -0.39 is 12.3 Å². The van der Waals surface area contributed by atoms with Crippen LogP contribution in [-0.2, 0) is 4.79 Å². The average molecular weight is 485 g/mol. The summed E-state index contributed by atoms with van der Waals surface area (Å²) in [6, 6.07) is 22.0. The van der Waals surface area contributed by atoms with E-state index in [1.165, 1.54) is 12.0 Å². The van der Waals surface area contributed by atoms with Crippen molar-refractivity contribution in [2.24, 2.45) is 5.92 Å². The highest BCUT2D eigenvalue weighted by molar-refractivity contribution is 6.00. The first kappa shape index (κ1) is 23.8. The van der Waals surface area contributed by atoms with Crippen LogP contribution in [0.2, 0.25) is 0 Å². The standard InChI is InChI=1S/C30H29FN2O3/c1-2-36-24-14-11-22(12-15-24)28(20-4-3-5-20)29(21-9-6-19(7-10-21)8-17-27(34)35)23-13-16-26-25(18-23)30(31)33-32-26/h6-18,20,30,32-33H,2-5H2,1H3,(H,34,35)/b17-8+,29-28+. The number of aliphatic carboxylic acids is 1. The highest BCUT2D eigenvalue weighted by Crippen LogP contribution is 2.46. The zero-order chi connectivity index (χ0) is 25.1. The number of alkyl halides is 1. The number of allylic oxidation sites excluding steroid dienone is 1. The number of carboxylic acid groups (broad SMARTS) is 1. The van der Waals surface area contributed by atoms with Crippen LogP contribution in [0.1, 0.15) is 60.3 Å². The Morgan fingerprint density at radius 2 is 1.72 bits per heavy atom. The topological polar surface area (TPSA) is 70.6 Å². The molecule has 2 aliphatic rings. The minimum Gasteiger partial charge on any atom is -0.494 e. The van der Waals surface area contributed by atoms with Crippen molar-refractivity contribution >= 4 is 28.9 Å². The maximum Gasteiger partial charge on any atom is 0.328 e. The van der Waals surface area contributed by atoms with Crippen LogP contribution >= 0.6 is 0 Å². The summed E-state index contributed by atoms with van der Waals surface area (Å²) in [5.41, 5.74) is 13.1. The quantitative estimate of drug-likeness (QED) is 0.185. The van der Waals surface area contributed by atoms with Crippen LogP contribution in [0.4, 0.5) is 10.1 Å². The summed E-state index contributed by atoms with van der Waals surface area (Å²) in [7, 11) is 0. The Morgan fingerprint density at radius 3 is 2.36 bits per heavy atom. The van der Waals surface area contributed by atoms with E-state index in [0.717, 1.165) is 58.2 Å². The lowest BCUT2D eigenvalue weighted by Gasteiger charge is -2.32. The van der Waals surface area contributed by atoms with Gasteiger partial charge in [0.1, 0.15) is 5.75 Å². The van der Waals surface area contributed by atoms with E-state index in [2.05, 4.69) is 23.0 Å². The normalized spacial score (nSPS) is 17.8. The molecule has 1 unspecified atom stereocenters. The smallest absolute Gasteiger partial charge is 0.328 e. The number of anilines is 1. The van der Waals surface area contributed by atoms with E-state index in [1.807, 2.05) is 61.5 Å². The monoisotopic (exact) mass is 484 g/mol. The van der Waals surface area contributed by atoms with E-state index in [1.54, 1.807) is 6.08 Å². The minimum atomic E-state index is -1.28. The van der Waals surface area contributed by atoms with Crippen molar-refractivity contribution in [2.75, 3.05) is 12.0 Å². The molecular formula is C30H29FN2O3. The molecule has 1 saturated carbocycles. The van der Waals surface area contributed by atoms with Gasteiger partial charge < -0.3 is 15.3 Å². The summed E-state index contributed by atoms with van der Waals surface area (Å²) < 4.78 is 20.2. The van der Waals surface area contributed by atoms with Crippen LogP contribution in [0.3, 0.4) is 0 Å². The van der Waals surface area contributed by atoms with Gasteiger partial charge in [-0.05, 0) is 89.4 Å². The Bertz CT molecular complexity index is 1310. The Kier molecular flexibility index (Phi) is 6.87. The van der Waals surface area contributed by atoms with Crippen molar-refractivity contribution in [1.29, 1.82) is 0 Å². The molecule has 0 radical (unpaired) electrons. The number of hydrazine groups is 1. The van der Waals surface area contributed by atoms with Crippen molar-refractivity contribution < 1.29 is 19.0 Å². The Hall–Kier alpha value is -3.90. The second kappa shape index (κ2) is 10.4. The molecule has 1 aliphatic heterocycles. The highest BCUT2D eigenvalue weighted by atomic mass is 19.1. The first-order valence-corrected chi connectivity index (χ1v) is 12.3. The van der Waals surface area contributed by atoms with Crippen LogP contribution in [-0.4, -0.2) is 17.7 Å². The van der Waals surface area contributed by atoms with Crippen LogP contribution in [0.25, 0.3) is 17.2 Å². The average Bonchev–Trinajstić information content (AvgIpc) is 3.23. The van der Waals surface area contributed by atoms with Crippen LogP contribution in [0.5, 0.6) is 5.75 Å². The van der Waals surface area contributed by atoms with Gasteiger partial charge in [0.25, 0.3) is 0 Å². The predicted octanol–water partition coefficient (Wildman–Crippen LogP) is 6.84. The number of fused-ring (bicyclic) bond motifs is 1. The molecule has 0 bridgehead atoms. The number of benzene rings is 3. The van der Waals surface area contributed by atoms with Gasteiger partial charge in [0.15, 0.2) is 6.30 Å². The maximum atomic E-state index is 14.6. The summed E-state index contributed by atoms with van der Waals surface area (Å²) in [5, 5.41) is 8.97. The number of ether oxygens (including phenoxy) is 1. The molecule has 5 rings (SSSR count). The zero-order valence-electron chi connectivity index (χ0n) is 20.1. The van der Waals surface area contributed by atoms with Gasteiger partial charge in [0, 0.05) is 11.6 Å². The molecule has 0 saturated heterocycles. The molecule has 1 atom stereocenters. The van der Waals surface area contributed by atoms with Crippen molar-refractivity contribution in [2.45, 2.75) is 32.5 Å². The van der Waals surface area contributed by atoms with Gasteiger partial charge in [-0.15, -0.1) is 0 Å². The van der Waals surface area contributed by atoms with Crippen LogP contribution in [0, 0.1) is 5.92 Å². The van der Waals surface area contributed by atoms with Crippen molar-refractivity contribution in [3.8, 4) is 5.75 Å². The summed E-state index contributed by atoms with van der Waals surface area (Å²) >= 11 is 0. The first-order valence-electron chi connectivity index (χ1n) is 12.3. The fourth-order valence-electron chi connectivity index (χ4n) is 4.85. The number of carboxylic acids is 1. The lowest BCUT2D eigenvalue weighted by atomic mass is 9.73. The van der Waals surface area contributed by atoms with Gasteiger partial charge in [-0.1, -0.05) is 48.9 Å². The van der Waals surface area contributed by atoms with Crippen LogP contribution in [0.15, 0.2) is 72.8 Å². The molecule has 184 valence electrons. The predicted molar refractivity (Wildman–Crippen MR) is 141 cm³/mol. The third-order valence-corrected chi connectivity index (χ3v) is 6.82. The van der Waals surface area contributed by atoms with Gasteiger partial charge in [-0.2, -0.15) is 0 Å². The zero-order valence-corrected chi connectivity index (χ0v) is 20.1. The molecule has 0 amide bonds. The molecule has 6 heteroatoms. The van der Waals surface area contributed by atoms with E-state index >= 15 is 0 Å². The van der Waals surface area contributed by atoms with Crippen molar-refractivity contribution in [3.63, 3.8) is 0 Å². The molecule has 1 aliphatic carbocycles. The van der Waals surface area contributed by atoms with Gasteiger partial charge in [-0.25, -0.2) is 14.6 Å². The molecule has 5 nitrogen and oxygen atoms in total. The summed E-state index contributed by atoms with van der Waals surface area (Å²) in [5.74, 6) is 0.249. The molecule has 3 aromatic rings. The fourth-order valence-corrected chi connectivity index (χ4v) is 4.85. The SMILES string of the molecule is CCOc1ccc(/C(=C(\c2ccc(/C=C/C(=O)O)cc2)c2ccc3c(c2)C(F)NN3)C2CCC2)cc1. The second-order valence-electron chi connectivity index (χ2n) is 9.10. The summed E-state index contributed by atoms with van der Waals surface area (Å²) in [6.07, 6.45) is 4.82. The van der Waals surface area contributed by atoms with E-state index in [4.69, 9.17) is 9.84 Å². The Balaban J connectivity index is 1.68. The summed E-state index contributed by atoms with van der Waals surface area (Å²) in [4.78, 5) is 10.9. The molecule has 3 N–H and O–H groups in total. The lowest BCUT2D eigenvalue weighted by Crippen LogP contribution is -2.15. The first-order chi connectivity index (χ1) is 17.5. The van der Waals surface area contributed by atoms with E-state index in [0.29, 0.717) is 18.1 Å². The summed E-state index contributed by atoms with van der Waals surface area (Å²) in [6.45, 7) is 2.58. The molecule has 1 fully saturated rings. The molecule has 3 aromatic carbocycles. The minimum absolute atomic E-state index is 0.398. The van der Waals surface area contributed by atoms with Crippen molar-refractivity contribution in [3.05, 3.63) is 101 Å². The number of nitrogens with one attached hydrogen (secondary N) is 2. The Morgan fingerprint density at radius 1 is 1.03 bits per heavy atom. The van der Waals surface area contributed by atoms with Gasteiger partial charge in [-0.3, -0.25) is 0 Å². The van der Waals surface area contributed by atoms with Crippen LogP contribution < -0.4 is 15.6 Å². The number of hydrogen-bond donors (Lipinski definition) is 3. The molecule has 36 heavy (non-hydrogen) atoms. The third kappa shape index (κ3) is 4.90. The van der Waals surface area contributed by atoms with Gasteiger partial charge in [0.2, 0.25) is 0 Å². The number of rotatable bonds is 8.